The van der Waals surface area contributed by atoms with Crippen LogP contribution in [0.15, 0.2) is 34.9 Å². The maximum absolute atomic E-state index is 13.4. The molecule has 0 N–H and O–H groups in total. The van der Waals surface area contributed by atoms with Gasteiger partial charge in [-0.2, -0.15) is 0 Å². The van der Waals surface area contributed by atoms with Crippen LogP contribution in [0.4, 0.5) is 14.9 Å². The van der Waals surface area contributed by atoms with E-state index in [4.69, 9.17) is 18.7 Å². The molecule has 0 spiro atoms. The number of aromatic nitrogens is 1. The first-order valence-corrected chi connectivity index (χ1v) is 12.8. The monoisotopic (exact) mass is 495 g/mol. The molecule has 3 aromatic rings. The average Bonchev–Trinajstić information content (AvgIpc) is 3.55. The van der Waals surface area contributed by atoms with E-state index >= 15 is 0 Å². The predicted molar refractivity (Wildman–Crippen MR) is 131 cm³/mol. The van der Waals surface area contributed by atoms with Crippen molar-refractivity contribution >= 4 is 22.7 Å². The van der Waals surface area contributed by atoms with Crippen molar-refractivity contribution in [2.45, 2.75) is 44.4 Å². The maximum Gasteiger partial charge on any atom is 0.414 e. The molecule has 1 fully saturated rings. The summed E-state index contributed by atoms with van der Waals surface area (Å²) in [6, 6.07) is 8.41. The van der Waals surface area contributed by atoms with Crippen LogP contribution < -0.4 is 14.4 Å². The van der Waals surface area contributed by atoms with E-state index in [0.29, 0.717) is 24.7 Å². The standard InChI is InChI=1S/C27H30FN3O5/c28-19-5-6-21-24(16-19)36-29-25(21)18-9-13-30(14-10-18)11-1-2-15-33-27(32)31-12-3-4-20-22(31)7-8-23-26(20)35-17-34-23/h5-8,16,18H,1-4,9-15,17H2. The van der Waals surface area contributed by atoms with Crippen molar-refractivity contribution in [1.29, 1.82) is 0 Å². The summed E-state index contributed by atoms with van der Waals surface area (Å²) < 4.78 is 35.5. The third kappa shape index (κ3) is 4.48. The molecule has 190 valence electrons. The van der Waals surface area contributed by atoms with Crippen LogP contribution in [0.1, 0.15) is 49.3 Å². The molecule has 0 aliphatic carbocycles. The summed E-state index contributed by atoms with van der Waals surface area (Å²) in [5.41, 5.74) is 3.35. The van der Waals surface area contributed by atoms with Gasteiger partial charge < -0.3 is 23.6 Å². The first-order valence-electron chi connectivity index (χ1n) is 12.8. The molecule has 9 heteroatoms. The molecule has 1 amide bonds. The molecule has 0 atom stereocenters. The second-order valence-electron chi connectivity index (χ2n) is 9.70. The highest BCUT2D eigenvalue weighted by molar-refractivity contribution is 5.90. The summed E-state index contributed by atoms with van der Waals surface area (Å²) in [5, 5.41) is 5.15. The largest absolute Gasteiger partial charge is 0.454 e. The van der Waals surface area contributed by atoms with E-state index in [-0.39, 0.29) is 18.7 Å². The molecule has 36 heavy (non-hydrogen) atoms. The minimum atomic E-state index is -0.306. The van der Waals surface area contributed by atoms with Crippen molar-refractivity contribution in [3.8, 4) is 11.5 Å². The number of carbonyl (C=O) groups is 1. The Hall–Kier alpha value is -3.33. The highest BCUT2D eigenvalue weighted by atomic mass is 19.1. The predicted octanol–water partition coefficient (Wildman–Crippen LogP) is 5.24. The number of anilines is 1. The van der Waals surface area contributed by atoms with Gasteiger partial charge in [-0.1, -0.05) is 5.16 Å². The van der Waals surface area contributed by atoms with Crippen LogP contribution in [0, 0.1) is 5.82 Å². The highest BCUT2D eigenvalue weighted by Gasteiger charge is 2.30. The lowest BCUT2D eigenvalue weighted by Gasteiger charge is -2.31. The van der Waals surface area contributed by atoms with Crippen molar-refractivity contribution in [3.05, 3.63) is 47.4 Å². The molecule has 6 rings (SSSR count). The Bertz CT molecular complexity index is 1250. The molecule has 8 nitrogen and oxygen atoms in total. The molecule has 3 aliphatic rings. The number of rotatable bonds is 6. The number of ether oxygens (including phenoxy) is 3. The van der Waals surface area contributed by atoms with E-state index in [1.165, 1.54) is 12.1 Å². The number of fused-ring (bicyclic) bond motifs is 4. The van der Waals surface area contributed by atoms with Crippen LogP contribution in [0.25, 0.3) is 11.0 Å². The van der Waals surface area contributed by atoms with E-state index in [0.717, 1.165) is 92.0 Å². The number of benzene rings is 2. The Labute approximate surface area is 208 Å². The average molecular weight is 496 g/mol. The van der Waals surface area contributed by atoms with E-state index in [9.17, 15) is 9.18 Å². The topological polar surface area (TPSA) is 77.3 Å². The van der Waals surface area contributed by atoms with Gasteiger partial charge in [0.2, 0.25) is 6.79 Å². The van der Waals surface area contributed by atoms with Crippen LogP contribution in [0.3, 0.4) is 0 Å². The lowest BCUT2D eigenvalue weighted by atomic mass is 9.91. The first-order chi connectivity index (χ1) is 17.7. The lowest BCUT2D eigenvalue weighted by Crippen LogP contribution is -2.36. The third-order valence-corrected chi connectivity index (χ3v) is 7.47. The SMILES string of the molecule is O=C(OCCCCN1CCC(c2noc3cc(F)ccc23)CC1)N1CCCc2c1ccc1c2OCO1. The molecule has 0 saturated carbocycles. The van der Waals surface area contributed by atoms with E-state index in [2.05, 4.69) is 10.1 Å². The van der Waals surface area contributed by atoms with Crippen LogP contribution in [0.2, 0.25) is 0 Å². The van der Waals surface area contributed by atoms with Crippen LogP contribution in [-0.4, -0.2) is 55.7 Å². The fourth-order valence-electron chi connectivity index (χ4n) is 5.57. The second kappa shape index (κ2) is 9.97. The summed E-state index contributed by atoms with van der Waals surface area (Å²) >= 11 is 0. The van der Waals surface area contributed by atoms with Crippen molar-refractivity contribution in [3.63, 3.8) is 0 Å². The number of nitrogens with zero attached hydrogens (tertiary/aromatic N) is 3. The maximum atomic E-state index is 13.4. The molecule has 3 aliphatic heterocycles. The lowest BCUT2D eigenvalue weighted by molar-refractivity contribution is 0.146. The van der Waals surface area contributed by atoms with E-state index < -0.39 is 0 Å². The summed E-state index contributed by atoms with van der Waals surface area (Å²) in [6.07, 6.45) is 5.25. The molecule has 2 aromatic carbocycles. The van der Waals surface area contributed by atoms with Crippen LogP contribution in [0.5, 0.6) is 11.5 Å². The Morgan fingerprint density at radius 3 is 2.89 bits per heavy atom. The second-order valence-corrected chi connectivity index (χ2v) is 9.70. The van der Waals surface area contributed by atoms with Gasteiger partial charge in [-0.3, -0.25) is 4.90 Å². The molecule has 1 saturated heterocycles. The third-order valence-electron chi connectivity index (χ3n) is 7.47. The Balaban J connectivity index is 0.937. The number of carbonyl (C=O) groups excluding carboxylic acids is 1. The fraction of sp³-hybridized carbons (Fsp3) is 0.481. The zero-order valence-corrected chi connectivity index (χ0v) is 20.2. The minimum absolute atomic E-state index is 0.228. The highest BCUT2D eigenvalue weighted by Crippen LogP contribution is 2.43. The minimum Gasteiger partial charge on any atom is -0.454 e. The fourth-order valence-corrected chi connectivity index (χ4v) is 5.57. The number of hydrogen-bond donors (Lipinski definition) is 0. The molecule has 1 aromatic heterocycles. The van der Waals surface area contributed by atoms with Gasteiger partial charge in [0.1, 0.15) is 5.82 Å². The normalized spacial score (nSPS) is 18.0. The quantitative estimate of drug-likeness (QED) is 0.433. The number of unbranched alkanes of at least 4 members (excludes halogenated alkanes) is 1. The molecule has 0 bridgehead atoms. The van der Waals surface area contributed by atoms with Gasteiger partial charge in [0.15, 0.2) is 17.1 Å². The van der Waals surface area contributed by atoms with E-state index in [1.807, 2.05) is 12.1 Å². The zero-order chi connectivity index (χ0) is 24.5. The molecular formula is C27H30FN3O5. The number of hydrogen-bond acceptors (Lipinski definition) is 7. The number of halogens is 1. The van der Waals surface area contributed by atoms with Crippen molar-refractivity contribution in [2.75, 3.05) is 44.5 Å². The van der Waals surface area contributed by atoms with Crippen LogP contribution in [-0.2, 0) is 11.2 Å². The summed E-state index contributed by atoms with van der Waals surface area (Å²) in [7, 11) is 0. The molecule has 0 unspecified atom stereocenters. The van der Waals surface area contributed by atoms with Gasteiger partial charge in [0.05, 0.1) is 18.0 Å². The van der Waals surface area contributed by atoms with Gasteiger partial charge in [-0.05, 0) is 82.4 Å². The van der Waals surface area contributed by atoms with Crippen molar-refractivity contribution < 1.29 is 27.9 Å². The van der Waals surface area contributed by atoms with E-state index in [1.54, 1.807) is 11.0 Å². The van der Waals surface area contributed by atoms with Crippen molar-refractivity contribution in [1.82, 2.24) is 10.1 Å². The van der Waals surface area contributed by atoms with Gasteiger partial charge in [-0.15, -0.1) is 0 Å². The summed E-state index contributed by atoms with van der Waals surface area (Å²) in [4.78, 5) is 16.9. The summed E-state index contributed by atoms with van der Waals surface area (Å²) in [6.45, 7) is 4.24. The van der Waals surface area contributed by atoms with Gasteiger partial charge in [0.25, 0.3) is 0 Å². The molecule has 4 heterocycles. The smallest absolute Gasteiger partial charge is 0.414 e. The number of amides is 1. The van der Waals surface area contributed by atoms with Crippen molar-refractivity contribution in [2.24, 2.45) is 0 Å². The molecular weight excluding hydrogens is 465 g/mol. The van der Waals surface area contributed by atoms with Gasteiger partial charge in [0, 0.05) is 29.5 Å². The number of likely N-dealkylation sites (tertiary alicyclic amines) is 1. The summed E-state index contributed by atoms with van der Waals surface area (Å²) in [5.74, 6) is 1.54. The van der Waals surface area contributed by atoms with Gasteiger partial charge in [-0.25, -0.2) is 9.18 Å². The Morgan fingerprint density at radius 2 is 2.00 bits per heavy atom. The number of piperidine rings is 1. The zero-order valence-electron chi connectivity index (χ0n) is 20.2. The van der Waals surface area contributed by atoms with Gasteiger partial charge >= 0.3 is 6.09 Å². The van der Waals surface area contributed by atoms with Crippen LogP contribution >= 0.6 is 0 Å². The molecule has 0 radical (unpaired) electrons. The first kappa shape index (κ1) is 23.1. The Morgan fingerprint density at radius 1 is 1.11 bits per heavy atom. The Kier molecular flexibility index (Phi) is 6.39.